The van der Waals surface area contributed by atoms with Crippen LogP contribution in [-0.2, 0) is 28.6 Å². The van der Waals surface area contributed by atoms with Crippen molar-refractivity contribution in [2.45, 2.75) is 62.8 Å². The third-order valence-corrected chi connectivity index (χ3v) is 8.80. The number of amides is 2. The minimum Gasteiger partial charge on any atom is -0.465 e. The lowest BCUT2D eigenvalue weighted by atomic mass is 9.66. The van der Waals surface area contributed by atoms with Gasteiger partial charge in [0.05, 0.1) is 44.0 Å². The number of morpholine rings is 1. The van der Waals surface area contributed by atoms with E-state index in [2.05, 4.69) is 18.1 Å². The van der Waals surface area contributed by atoms with Crippen LogP contribution in [-0.4, -0.2) is 120 Å². The van der Waals surface area contributed by atoms with Crippen LogP contribution in [0, 0.1) is 11.8 Å². The number of aliphatic hydroxyl groups excluding tert-OH is 1. The number of ether oxygens (including phenoxy) is 3. The van der Waals surface area contributed by atoms with E-state index >= 15 is 0 Å². The van der Waals surface area contributed by atoms with Gasteiger partial charge >= 0.3 is 5.97 Å². The number of likely N-dealkylation sites (tertiary alicyclic amines) is 1. The molecule has 4 saturated heterocycles. The van der Waals surface area contributed by atoms with Crippen molar-refractivity contribution in [1.29, 1.82) is 0 Å². The number of rotatable bonds is 13. The summed E-state index contributed by atoms with van der Waals surface area (Å²) < 4.78 is 17.6. The molecule has 2 unspecified atom stereocenters. The van der Waals surface area contributed by atoms with Crippen molar-refractivity contribution < 1.29 is 33.7 Å². The van der Waals surface area contributed by atoms with Gasteiger partial charge in [-0.15, -0.1) is 13.2 Å². The van der Waals surface area contributed by atoms with E-state index in [4.69, 9.17) is 14.2 Å². The van der Waals surface area contributed by atoms with Crippen LogP contribution in [0.3, 0.4) is 0 Å². The third-order valence-electron chi connectivity index (χ3n) is 8.80. The lowest BCUT2D eigenvalue weighted by molar-refractivity contribution is -0.162. The van der Waals surface area contributed by atoms with Crippen molar-refractivity contribution in [3.63, 3.8) is 0 Å². The van der Waals surface area contributed by atoms with Gasteiger partial charge in [-0.1, -0.05) is 19.1 Å². The van der Waals surface area contributed by atoms with Crippen LogP contribution in [0.25, 0.3) is 0 Å². The summed E-state index contributed by atoms with van der Waals surface area (Å²) in [6, 6.07) is -1.50. The summed E-state index contributed by atoms with van der Waals surface area (Å²) in [6.45, 7) is 15.5. The summed E-state index contributed by atoms with van der Waals surface area (Å²) >= 11 is 0. The molecule has 0 aromatic carbocycles. The predicted octanol–water partition coefficient (Wildman–Crippen LogP) is 0.988. The molecule has 4 fully saturated rings. The minimum atomic E-state index is -1.15. The Bertz CT molecular complexity index is 918. The Morgan fingerprint density at radius 2 is 2.00 bits per heavy atom. The van der Waals surface area contributed by atoms with Crippen LogP contribution >= 0.6 is 0 Å². The summed E-state index contributed by atoms with van der Waals surface area (Å²) in [5.41, 5.74) is -2.04. The molecule has 0 aromatic heterocycles. The van der Waals surface area contributed by atoms with Crippen LogP contribution in [0.2, 0.25) is 0 Å². The van der Waals surface area contributed by atoms with Crippen molar-refractivity contribution in [3.05, 3.63) is 25.3 Å². The highest BCUT2D eigenvalue weighted by molar-refractivity contribution is 5.98. The number of aliphatic hydroxyl groups is 1. The van der Waals surface area contributed by atoms with Crippen molar-refractivity contribution >= 4 is 17.8 Å². The number of esters is 1. The quantitative estimate of drug-likeness (QED) is 0.212. The van der Waals surface area contributed by atoms with E-state index in [0.717, 1.165) is 13.1 Å². The van der Waals surface area contributed by atoms with E-state index in [9.17, 15) is 19.5 Å². The molecule has 0 aromatic rings. The molecule has 212 valence electrons. The molecule has 6 atom stereocenters. The Hall–Kier alpha value is -2.27. The largest absolute Gasteiger partial charge is 0.465 e. The molecule has 10 nitrogen and oxygen atoms in total. The fourth-order valence-electron chi connectivity index (χ4n) is 6.85. The average molecular weight is 534 g/mol. The number of fused-ring (bicyclic) bond motifs is 1. The van der Waals surface area contributed by atoms with Crippen molar-refractivity contribution in [1.82, 2.24) is 14.7 Å². The summed E-state index contributed by atoms with van der Waals surface area (Å²) in [5, 5.41) is 10.2. The molecule has 1 spiro atoms. The highest BCUT2D eigenvalue weighted by atomic mass is 16.6. The zero-order valence-electron chi connectivity index (χ0n) is 22.8. The molecule has 0 saturated carbocycles. The number of carbonyl (C=O) groups is 3. The molecular weight excluding hydrogens is 490 g/mol. The number of hydrogen-bond donors (Lipinski definition) is 1. The molecule has 38 heavy (non-hydrogen) atoms. The maximum atomic E-state index is 14.4. The molecule has 2 amide bonds. The standard InChI is InChI=1S/C28H43N3O7/c1-5-8-16-37-26(35)22-21-24(33)31(20(7-3)19-32)23(28(21)10-9-27(22,4)38-28)25(34)30(11-6-2)13-12-29-14-17-36-18-15-29/h5-6,20-23,32H,1-2,7-19H2,3-4H3/t20-,21-,22+,23?,27-,28?/m0/s1. The first-order valence-electron chi connectivity index (χ1n) is 13.9. The average Bonchev–Trinajstić information content (AvgIpc) is 3.48. The fourth-order valence-corrected chi connectivity index (χ4v) is 6.85. The highest BCUT2D eigenvalue weighted by Gasteiger charge is 2.79. The van der Waals surface area contributed by atoms with Gasteiger partial charge in [-0.2, -0.15) is 0 Å². The Morgan fingerprint density at radius 3 is 2.63 bits per heavy atom. The Kier molecular flexibility index (Phi) is 8.96. The Morgan fingerprint density at radius 1 is 1.26 bits per heavy atom. The molecule has 1 N–H and O–H groups in total. The maximum Gasteiger partial charge on any atom is 0.312 e. The van der Waals surface area contributed by atoms with Gasteiger partial charge in [0.2, 0.25) is 11.8 Å². The number of carbonyl (C=O) groups excluding carboxylic acids is 3. The predicted molar refractivity (Wildman–Crippen MR) is 140 cm³/mol. The first-order valence-corrected chi connectivity index (χ1v) is 13.9. The fraction of sp³-hybridized carbons (Fsp3) is 0.750. The van der Waals surface area contributed by atoms with E-state index < -0.39 is 41.1 Å². The summed E-state index contributed by atoms with van der Waals surface area (Å²) in [4.78, 5) is 47.3. The zero-order chi connectivity index (χ0) is 27.5. The minimum absolute atomic E-state index is 0.178. The second-order valence-electron chi connectivity index (χ2n) is 11.0. The lowest BCUT2D eigenvalue weighted by Crippen LogP contribution is -2.59. The zero-order valence-corrected chi connectivity index (χ0v) is 22.8. The van der Waals surface area contributed by atoms with Gasteiger partial charge in [-0.05, 0) is 32.6 Å². The summed E-state index contributed by atoms with van der Waals surface area (Å²) in [6.07, 6.45) is 5.36. The highest BCUT2D eigenvalue weighted by Crippen LogP contribution is 2.63. The molecule has 4 heterocycles. The monoisotopic (exact) mass is 533 g/mol. The summed E-state index contributed by atoms with van der Waals surface area (Å²) in [5.74, 6) is -2.67. The molecule has 0 aliphatic carbocycles. The van der Waals surface area contributed by atoms with Gasteiger partial charge in [-0.25, -0.2) is 0 Å². The first kappa shape index (κ1) is 28.7. The van der Waals surface area contributed by atoms with Crippen LogP contribution in [0.1, 0.15) is 39.5 Å². The van der Waals surface area contributed by atoms with Crippen LogP contribution in [0.15, 0.2) is 25.3 Å². The van der Waals surface area contributed by atoms with Crippen LogP contribution < -0.4 is 0 Å². The van der Waals surface area contributed by atoms with Crippen LogP contribution in [0.5, 0.6) is 0 Å². The molecule has 4 rings (SSSR count). The van der Waals surface area contributed by atoms with E-state index in [1.165, 1.54) is 4.90 Å². The molecule has 4 aliphatic heterocycles. The van der Waals surface area contributed by atoms with E-state index in [0.29, 0.717) is 58.5 Å². The SMILES string of the molecule is C=CCCOC(=O)[C@H]1[C@H]2C(=O)N([C@@H](CC)CO)C(C(=O)N(CC=C)CCN3CCOCC3)C23CC[C@]1(C)O3. The molecular formula is C28H43N3O7. The maximum absolute atomic E-state index is 14.4. The van der Waals surface area contributed by atoms with Gasteiger partial charge in [-0.3, -0.25) is 19.3 Å². The van der Waals surface area contributed by atoms with Crippen LogP contribution in [0.4, 0.5) is 0 Å². The molecule has 2 bridgehead atoms. The van der Waals surface area contributed by atoms with Gasteiger partial charge in [0, 0.05) is 32.7 Å². The lowest BCUT2D eigenvalue weighted by Gasteiger charge is -2.39. The van der Waals surface area contributed by atoms with E-state index in [1.807, 2.05) is 13.8 Å². The molecule has 4 aliphatic rings. The van der Waals surface area contributed by atoms with Crippen molar-refractivity contribution in [2.24, 2.45) is 11.8 Å². The molecule has 10 heteroatoms. The first-order chi connectivity index (χ1) is 18.3. The molecule has 0 radical (unpaired) electrons. The second kappa shape index (κ2) is 11.9. The Balaban J connectivity index is 1.67. The second-order valence-corrected chi connectivity index (χ2v) is 11.0. The number of hydrogen-bond acceptors (Lipinski definition) is 8. The van der Waals surface area contributed by atoms with Gasteiger partial charge < -0.3 is 29.1 Å². The van der Waals surface area contributed by atoms with Crippen molar-refractivity contribution in [2.75, 3.05) is 59.2 Å². The number of nitrogens with zero attached hydrogens (tertiary/aromatic N) is 3. The van der Waals surface area contributed by atoms with E-state index in [1.54, 1.807) is 17.1 Å². The third kappa shape index (κ3) is 4.92. The van der Waals surface area contributed by atoms with E-state index in [-0.39, 0.29) is 25.0 Å². The van der Waals surface area contributed by atoms with Gasteiger partial charge in [0.25, 0.3) is 0 Å². The van der Waals surface area contributed by atoms with Gasteiger partial charge in [0.15, 0.2) is 0 Å². The summed E-state index contributed by atoms with van der Waals surface area (Å²) in [7, 11) is 0. The Labute approximate surface area is 225 Å². The topological polar surface area (TPSA) is 109 Å². The van der Waals surface area contributed by atoms with Crippen molar-refractivity contribution in [3.8, 4) is 0 Å². The van der Waals surface area contributed by atoms with Gasteiger partial charge in [0.1, 0.15) is 17.6 Å². The smallest absolute Gasteiger partial charge is 0.312 e. The normalized spacial score (nSPS) is 33.2.